The number of benzene rings is 1. The molecule has 2 aromatic rings. The highest BCUT2D eigenvalue weighted by atomic mass is 16.5. The van der Waals surface area contributed by atoms with Crippen LogP contribution in [-0.2, 0) is 24.1 Å². The van der Waals surface area contributed by atoms with E-state index in [0.29, 0.717) is 18.1 Å². The van der Waals surface area contributed by atoms with Crippen molar-refractivity contribution in [1.29, 1.82) is 0 Å². The maximum absolute atomic E-state index is 6.10. The Hall–Kier alpha value is -2.11. The van der Waals surface area contributed by atoms with E-state index in [0.717, 1.165) is 63.4 Å². The van der Waals surface area contributed by atoms with Crippen LogP contribution in [0.5, 0.6) is 5.75 Å². The third kappa shape index (κ3) is 5.04. The minimum Gasteiger partial charge on any atom is -0.496 e. The zero-order valence-electron chi connectivity index (χ0n) is 18.7. The number of pyridine rings is 1. The SMILES string of the molecule is COc1cccc(CNC2CC(OCCCc3ccc4c(n3)NCCC4)C2)c1C1CC1. The second-order valence-electron chi connectivity index (χ2n) is 9.29. The number of hydrogen-bond acceptors (Lipinski definition) is 5. The van der Waals surface area contributed by atoms with Crippen molar-refractivity contribution in [1.82, 2.24) is 10.3 Å². The first-order valence-electron chi connectivity index (χ1n) is 12.0. The standard InChI is InChI=1S/C26H35N3O2/c1-30-24-8-2-5-20(25(24)18-9-10-18)17-28-22-15-23(16-22)31-14-4-7-21-12-11-19-6-3-13-27-26(19)29-21/h2,5,8,11-12,18,22-23,28H,3-4,6-7,9-10,13-17H2,1H3,(H,27,29). The molecule has 0 amide bonds. The van der Waals surface area contributed by atoms with E-state index in [1.165, 1.54) is 41.6 Å². The van der Waals surface area contributed by atoms with Gasteiger partial charge in [0.1, 0.15) is 11.6 Å². The van der Waals surface area contributed by atoms with Crippen molar-refractivity contribution in [2.24, 2.45) is 0 Å². The lowest BCUT2D eigenvalue weighted by atomic mass is 9.88. The Kier molecular flexibility index (Phi) is 6.42. The fraction of sp³-hybridized carbons (Fsp3) is 0.577. The zero-order chi connectivity index (χ0) is 21.0. The largest absolute Gasteiger partial charge is 0.496 e. The van der Waals surface area contributed by atoms with Gasteiger partial charge in [-0.3, -0.25) is 0 Å². The van der Waals surface area contributed by atoms with Gasteiger partial charge in [0.15, 0.2) is 0 Å². The Morgan fingerprint density at radius 1 is 1.16 bits per heavy atom. The number of hydrogen-bond donors (Lipinski definition) is 2. The van der Waals surface area contributed by atoms with Gasteiger partial charge < -0.3 is 20.1 Å². The van der Waals surface area contributed by atoms with Crippen LogP contribution < -0.4 is 15.4 Å². The van der Waals surface area contributed by atoms with E-state index in [2.05, 4.69) is 41.0 Å². The Balaban J connectivity index is 1.00. The molecular weight excluding hydrogens is 386 g/mol. The van der Waals surface area contributed by atoms with E-state index < -0.39 is 0 Å². The first-order chi connectivity index (χ1) is 15.3. The fourth-order valence-electron chi connectivity index (χ4n) is 4.89. The van der Waals surface area contributed by atoms with Crippen LogP contribution in [0.25, 0.3) is 0 Å². The molecule has 2 N–H and O–H groups in total. The van der Waals surface area contributed by atoms with Gasteiger partial charge in [-0.2, -0.15) is 0 Å². The number of aryl methyl sites for hydroxylation is 2. The molecule has 3 aliphatic rings. The second-order valence-corrected chi connectivity index (χ2v) is 9.29. The van der Waals surface area contributed by atoms with Crippen LogP contribution in [0.15, 0.2) is 30.3 Å². The monoisotopic (exact) mass is 421 g/mol. The number of aromatic nitrogens is 1. The van der Waals surface area contributed by atoms with Crippen molar-refractivity contribution in [2.75, 3.05) is 25.6 Å². The Labute approximate surface area is 185 Å². The third-order valence-corrected chi connectivity index (χ3v) is 6.92. The van der Waals surface area contributed by atoms with Gasteiger partial charge in [0.25, 0.3) is 0 Å². The summed E-state index contributed by atoms with van der Waals surface area (Å²) < 4.78 is 11.7. The van der Waals surface area contributed by atoms with Crippen molar-refractivity contribution < 1.29 is 9.47 Å². The van der Waals surface area contributed by atoms with Gasteiger partial charge in [-0.15, -0.1) is 0 Å². The minimum absolute atomic E-state index is 0.406. The van der Waals surface area contributed by atoms with Gasteiger partial charge in [-0.25, -0.2) is 4.98 Å². The third-order valence-electron chi connectivity index (χ3n) is 6.92. The molecule has 2 saturated carbocycles. The Morgan fingerprint density at radius 2 is 2.06 bits per heavy atom. The van der Waals surface area contributed by atoms with Crippen molar-refractivity contribution in [3.05, 3.63) is 52.7 Å². The first-order valence-corrected chi connectivity index (χ1v) is 12.0. The normalized spacial score (nSPS) is 22.4. The molecule has 0 saturated heterocycles. The zero-order valence-corrected chi connectivity index (χ0v) is 18.7. The summed E-state index contributed by atoms with van der Waals surface area (Å²) in [6.07, 6.45) is 9.61. The number of ether oxygens (including phenoxy) is 2. The predicted octanol–water partition coefficient (Wildman–Crippen LogP) is 4.60. The van der Waals surface area contributed by atoms with Crippen molar-refractivity contribution in [3.63, 3.8) is 0 Å². The molecule has 1 aliphatic heterocycles. The molecule has 31 heavy (non-hydrogen) atoms. The van der Waals surface area contributed by atoms with Crippen LogP contribution >= 0.6 is 0 Å². The van der Waals surface area contributed by atoms with E-state index >= 15 is 0 Å². The molecule has 0 radical (unpaired) electrons. The molecule has 0 bridgehead atoms. The van der Waals surface area contributed by atoms with Gasteiger partial charge >= 0.3 is 0 Å². The van der Waals surface area contributed by atoms with E-state index in [1.807, 2.05) is 0 Å². The number of nitrogens with zero attached hydrogens (tertiary/aromatic N) is 1. The highest BCUT2D eigenvalue weighted by molar-refractivity contribution is 5.47. The van der Waals surface area contributed by atoms with Crippen LogP contribution in [0.2, 0.25) is 0 Å². The molecule has 5 nitrogen and oxygen atoms in total. The maximum atomic E-state index is 6.10. The molecule has 1 aromatic carbocycles. The summed E-state index contributed by atoms with van der Waals surface area (Å²) in [6, 6.07) is 11.5. The Bertz CT molecular complexity index is 890. The fourth-order valence-corrected chi connectivity index (χ4v) is 4.89. The van der Waals surface area contributed by atoms with Gasteiger partial charge in [-0.05, 0) is 80.5 Å². The highest BCUT2D eigenvalue weighted by Crippen LogP contribution is 2.46. The van der Waals surface area contributed by atoms with Crippen LogP contribution in [0, 0.1) is 0 Å². The van der Waals surface area contributed by atoms with E-state index in [1.54, 1.807) is 7.11 Å². The lowest BCUT2D eigenvalue weighted by Gasteiger charge is -2.36. The summed E-state index contributed by atoms with van der Waals surface area (Å²) in [5.41, 5.74) is 5.36. The lowest BCUT2D eigenvalue weighted by molar-refractivity contribution is -0.0176. The summed E-state index contributed by atoms with van der Waals surface area (Å²) in [7, 11) is 1.78. The average molecular weight is 422 g/mol. The molecule has 166 valence electrons. The van der Waals surface area contributed by atoms with Gasteiger partial charge in [0.2, 0.25) is 0 Å². The molecule has 0 atom stereocenters. The lowest BCUT2D eigenvalue weighted by Crippen LogP contribution is -2.45. The Morgan fingerprint density at radius 3 is 2.90 bits per heavy atom. The molecule has 5 rings (SSSR count). The molecule has 5 heteroatoms. The van der Waals surface area contributed by atoms with E-state index in [9.17, 15) is 0 Å². The number of fused-ring (bicyclic) bond motifs is 1. The van der Waals surface area contributed by atoms with Crippen LogP contribution in [0.4, 0.5) is 5.82 Å². The van der Waals surface area contributed by atoms with Crippen molar-refractivity contribution in [3.8, 4) is 5.75 Å². The molecule has 1 aromatic heterocycles. The van der Waals surface area contributed by atoms with Crippen LogP contribution in [0.1, 0.15) is 66.8 Å². The summed E-state index contributed by atoms with van der Waals surface area (Å²) in [5, 5.41) is 7.15. The smallest absolute Gasteiger partial charge is 0.129 e. The molecule has 0 spiro atoms. The maximum Gasteiger partial charge on any atom is 0.129 e. The summed E-state index contributed by atoms with van der Waals surface area (Å²) in [6.45, 7) is 2.80. The topological polar surface area (TPSA) is 55.4 Å². The molecule has 2 fully saturated rings. The van der Waals surface area contributed by atoms with Gasteiger partial charge in [-0.1, -0.05) is 18.2 Å². The van der Waals surface area contributed by atoms with Crippen LogP contribution in [0.3, 0.4) is 0 Å². The highest BCUT2D eigenvalue weighted by Gasteiger charge is 2.31. The quantitative estimate of drug-likeness (QED) is 0.549. The summed E-state index contributed by atoms with van der Waals surface area (Å²) in [5.74, 6) is 2.85. The number of methoxy groups -OCH3 is 1. The molecule has 0 unspecified atom stereocenters. The van der Waals surface area contributed by atoms with Crippen LogP contribution in [-0.4, -0.2) is 37.4 Å². The average Bonchev–Trinajstić information content (AvgIpc) is 3.62. The minimum atomic E-state index is 0.406. The molecule has 2 heterocycles. The van der Waals surface area contributed by atoms with E-state index in [-0.39, 0.29) is 0 Å². The number of rotatable bonds is 10. The summed E-state index contributed by atoms with van der Waals surface area (Å²) >= 11 is 0. The van der Waals surface area contributed by atoms with Gasteiger partial charge in [0.05, 0.1) is 13.2 Å². The van der Waals surface area contributed by atoms with E-state index in [4.69, 9.17) is 14.5 Å². The molecule has 2 aliphatic carbocycles. The van der Waals surface area contributed by atoms with Gasteiger partial charge in [0, 0.05) is 37.0 Å². The number of nitrogens with one attached hydrogen (secondary N) is 2. The summed E-state index contributed by atoms with van der Waals surface area (Å²) in [4.78, 5) is 4.78. The first kappa shape index (κ1) is 20.8. The van der Waals surface area contributed by atoms with Crippen molar-refractivity contribution in [2.45, 2.75) is 76.0 Å². The predicted molar refractivity (Wildman–Crippen MR) is 124 cm³/mol. The second kappa shape index (κ2) is 9.58. The molecular formula is C26H35N3O2. The van der Waals surface area contributed by atoms with Crippen molar-refractivity contribution >= 4 is 5.82 Å². The number of anilines is 1.